The normalized spacial score (nSPS) is 13.9. The molecule has 1 nitrogen and oxygen atoms in total. The second kappa shape index (κ2) is 5.86. The summed E-state index contributed by atoms with van der Waals surface area (Å²) in [5.41, 5.74) is 0.431. The number of nitrogens with one attached hydrogen (secondary N) is 1. The first-order valence-electron chi connectivity index (χ1n) is 4.78. The van der Waals surface area contributed by atoms with Crippen LogP contribution in [0.5, 0.6) is 0 Å². The van der Waals surface area contributed by atoms with Gasteiger partial charge < -0.3 is 5.32 Å². The Bertz CT molecular complexity index is 161. The summed E-state index contributed by atoms with van der Waals surface area (Å²) in [4.78, 5) is 0. The van der Waals surface area contributed by atoms with Crippen molar-refractivity contribution in [1.82, 2.24) is 5.32 Å². The maximum atomic E-state index is 4.81. The molecular formula is C10H21NS2. The highest BCUT2D eigenvalue weighted by Crippen LogP contribution is 2.25. The molecule has 3 heteroatoms. The first-order chi connectivity index (χ1) is 5.81. The van der Waals surface area contributed by atoms with Gasteiger partial charge in [0.25, 0.3) is 0 Å². The molecule has 1 atom stereocenters. The predicted molar refractivity (Wildman–Crippen MR) is 67.4 cm³/mol. The van der Waals surface area contributed by atoms with Crippen molar-refractivity contribution in [2.24, 2.45) is 11.3 Å². The first-order valence-corrected chi connectivity index (χ1v) is 5.63. The Morgan fingerprint density at radius 3 is 2.38 bits per heavy atom. The molecular weight excluding hydrogens is 198 g/mol. The van der Waals surface area contributed by atoms with Crippen LogP contribution in [0.2, 0.25) is 0 Å². The topological polar surface area (TPSA) is 12.0 Å². The third kappa shape index (κ3) is 10.2. The zero-order valence-electron chi connectivity index (χ0n) is 9.05. The van der Waals surface area contributed by atoms with E-state index in [1.807, 2.05) is 0 Å². The van der Waals surface area contributed by atoms with Gasteiger partial charge in [-0.15, -0.1) is 12.6 Å². The van der Waals surface area contributed by atoms with Crippen molar-refractivity contribution in [3.05, 3.63) is 0 Å². The molecule has 0 saturated carbocycles. The van der Waals surface area contributed by atoms with Gasteiger partial charge in [-0.2, -0.15) is 0 Å². The molecule has 0 aliphatic rings. The van der Waals surface area contributed by atoms with Gasteiger partial charge in [0, 0.05) is 6.54 Å². The number of rotatable bonds is 4. The van der Waals surface area contributed by atoms with Gasteiger partial charge in [0.1, 0.15) is 4.32 Å². The second-order valence-electron chi connectivity index (χ2n) is 4.89. The van der Waals surface area contributed by atoms with Gasteiger partial charge in [-0.3, -0.25) is 0 Å². The van der Waals surface area contributed by atoms with Crippen LogP contribution in [0.1, 0.15) is 40.5 Å². The van der Waals surface area contributed by atoms with E-state index in [0.29, 0.717) is 9.74 Å². The Morgan fingerprint density at radius 2 is 2.00 bits per heavy atom. The molecule has 0 fully saturated rings. The zero-order chi connectivity index (χ0) is 10.5. The largest absolute Gasteiger partial charge is 0.371 e. The van der Waals surface area contributed by atoms with Crippen molar-refractivity contribution >= 4 is 29.2 Å². The van der Waals surface area contributed by atoms with Crippen LogP contribution in [0, 0.1) is 11.3 Å². The van der Waals surface area contributed by atoms with E-state index >= 15 is 0 Å². The molecule has 0 aromatic rings. The summed E-state index contributed by atoms with van der Waals surface area (Å²) in [6.07, 6.45) is 2.42. The molecule has 0 saturated heterocycles. The van der Waals surface area contributed by atoms with Gasteiger partial charge in [-0.25, -0.2) is 0 Å². The van der Waals surface area contributed by atoms with E-state index in [4.69, 9.17) is 12.2 Å². The van der Waals surface area contributed by atoms with Crippen molar-refractivity contribution in [1.29, 1.82) is 0 Å². The molecule has 0 spiro atoms. The van der Waals surface area contributed by atoms with E-state index in [9.17, 15) is 0 Å². The summed E-state index contributed by atoms with van der Waals surface area (Å²) in [5, 5.41) is 3.06. The van der Waals surface area contributed by atoms with E-state index in [1.165, 1.54) is 6.42 Å². The molecule has 0 unspecified atom stereocenters. The van der Waals surface area contributed by atoms with Crippen LogP contribution in [0.15, 0.2) is 0 Å². The van der Waals surface area contributed by atoms with E-state index in [0.717, 1.165) is 18.9 Å². The molecule has 0 aromatic heterocycles. The molecule has 0 bridgehead atoms. The third-order valence-electron chi connectivity index (χ3n) is 1.87. The highest BCUT2D eigenvalue weighted by molar-refractivity contribution is 8.11. The number of hydrogen-bond donors (Lipinski definition) is 2. The highest BCUT2D eigenvalue weighted by Gasteiger charge is 2.14. The lowest BCUT2D eigenvalue weighted by atomic mass is 9.84. The molecule has 0 rings (SSSR count). The molecule has 1 N–H and O–H groups in total. The summed E-state index contributed by atoms with van der Waals surface area (Å²) >= 11 is 8.82. The zero-order valence-corrected chi connectivity index (χ0v) is 10.8. The summed E-state index contributed by atoms with van der Waals surface area (Å²) in [6, 6.07) is 0. The minimum atomic E-state index is 0.431. The minimum absolute atomic E-state index is 0.431. The lowest BCUT2D eigenvalue weighted by Gasteiger charge is -2.23. The average molecular weight is 219 g/mol. The molecule has 0 aromatic carbocycles. The monoisotopic (exact) mass is 219 g/mol. The quantitative estimate of drug-likeness (QED) is 0.556. The molecule has 78 valence electrons. The van der Waals surface area contributed by atoms with Crippen LogP contribution < -0.4 is 5.32 Å². The third-order valence-corrected chi connectivity index (χ3v) is 2.18. The molecule has 0 amide bonds. The van der Waals surface area contributed by atoms with Gasteiger partial charge in [-0.1, -0.05) is 39.9 Å². The van der Waals surface area contributed by atoms with E-state index in [-0.39, 0.29) is 0 Å². The number of thiocarbonyl (C=S) groups is 1. The van der Waals surface area contributed by atoms with Gasteiger partial charge in [0.15, 0.2) is 0 Å². The summed E-state index contributed by atoms with van der Waals surface area (Å²) in [6.45, 7) is 10.1. The fourth-order valence-corrected chi connectivity index (χ4v) is 1.79. The fourth-order valence-electron chi connectivity index (χ4n) is 1.57. The van der Waals surface area contributed by atoms with Crippen molar-refractivity contribution in [2.45, 2.75) is 40.5 Å². The van der Waals surface area contributed by atoms with Gasteiger partial charge in [0.2, 0.25) is 0 Å². The Balaban J connectivity index is 3.52. The SMILES string of the molecule is C[C@H](CCNC(=S)S)CC(C)(C)C. The van der Waals surface area contributed by atoms with Crippen molar-refractivity contribution in [2.75, 3.05) is 6.54 Å². The van der Waals surface area contributed by atoms with Crippen molar-refractivity contribution in [3.63, 3.8) is 0 Å². The van der Waals surface area contributed by atoms with Crippen LogP contribution in [0.25, 0.3) is 0 Å². The van der Waals surface area contributed by atoms with E-state index < -0.39 is 0 Å². The van der Waals surface area contributed by atoms with Crippen LogP contribution in [-0.4, -0.2) is 10.9 Å². The first kappa shape index (κ1) is 13.2. The van der Waals surface area contributed by atoms with Crippen LogP contribution in [-0.2, 0) is 0 Å². The van der Waals surface area contributed by atoms with Crippen LogP contribution >= 0.6 is 24.8 Å². The molecule has 0 aliphatic carbocycles. The number of thiol groups is 1. The molecule has 0 radical (unpaired) electrons. The lowest BCUT2D eigenvalue weighted by Crippen LogP contribution is -2.21. The van der Waals surface area contributed by atoms with Gasteiger partial charge in [0.05, 0.1) is 0 Å². The maximum absolute atomic E-state index is 4.81. The highest BCUT2D eigenvalue weighted by atomic mass is 32.1. The van der Waals surface area contributed by atoms with Crippen LogP contribution in [0.4, 0.5) is 0 Å². The number of hydrogen-bond acceptors (Lipinski definition) is 1. The summed E-state index contributed by atoms with van der Waals surface area (Å²) < 4.78 is 0.600. The standard InChI is InChI=1S/C10H21NS2/c1-8(7-10(2,3)4)5-6-11-9(12)13/h8H,5-7H2,1-4H3,(H2,11,12,13)/t8-/m1/s1. The Morgan fingerprint density at radius 1 is 1.46 bits per heavy atom. The molecule has 13 heavy (non-hydrogen) atoms. The van der Waals surface area contributed by atoms with Gasteiger partial charge in [-0.05, 0) is 24.2 Å². The van der Waals surface area contributed by atoms with E-state index in [2.05, 4.69) is 45.6 Å². The fraction of sp³-hybridized carbons (Fsp3) is 0.900. The van der Waals surface area contributed by atoms with Crippen molar-refractivity contribution < 1.29 is 0 Å². The smallest absolute Gasteiger partial charge is 0.130 e. The molecule has 0 aliphatic heterocycles. The maximum Gasteiger partial charge on any atom is 0.130 e. The summed E-state index contributed by atoms with van der Waals surface area (Å²) in [7, 11) is 0. The molecule has 0 heterocycles. The Hall–Kier alpha value is 0.240. The average Bonchev–Trinajstić information content (AvgIpc) is 1.81. The Labute approximate surface area is 93.1 Å². The van der Waals surface area contributed by atoms with Gasteiger partial charge >= 0.3 is 0 Å². The van der Waals surface area contributed by atoms with E-state index in [1.54, 1.807) is 0 Å². The second-order valence-corrected chi connectivity index (χ2v) is 6.05. The Kier molecular flexibility index (Phi) is 5.97. The predicted octanol–water partition coefficient (Wildman–Crippen LogP) is 3.25. The summed E-state index contributed by atoms with van der Waals surface area (Å²) in [5.74, 6) is 0.746. The van der Waals surface area contributed by atoms with Crippen molar-refractivity contribution in [3.8, 4) is 0 Å². The van der Waals surface area contributed by atoms with Crippen LogP contribution in [0.3, 0.4) is 0 Å². The lowest BCUT2D eigenvalue weighted by molar-refractivity contribution is 0.297. The minimum Gasteiger partial charge on any atom is -0.371 e.